The van der Waals surface area contributed by atoms with Gasteiger partial charge in [-0.1, -0.05) is 0 Å². The van der Waals surface area contributed by atoms with Crippen molar-refractivity contribution >= 4 is 17.8 Å². The first kappa shape index (κ1) is 10.3. The lowest BCUT2D eigenvalue weighted by molar-refractivity contribution is -0.118. The van der Waals surface area contributed by atoms with Crippen molar-refractivity contribution in [2.75, 3.05) is 5.32 Å². The van der Waals surface area contributed by atoms with Gasteiger partial charge < -0.3 is 15.7 Å². The Morgan fingerprint density at radius 1 is 1.69 bits per heavy atom. The van der Waals surface area contributed by atoms with Gasteiger partial charge in [-0.05, 0) is 6.07 Å². The molecule has 0 fully saturated rings. The highest BCUT2D eigenvalue weighted by Crippen LogP contribution is 2.20. The molecule has 0 saturated heterocycles. The molecular formula is C9H8FN3O3. The third-order valence-corrected chi connectivity index (χ3v) is 2.21. The van der Waals surface area contributed by atoms with Crippen LogP contribution in [0.25, 0.3) is 0 Å². The fourth-order valence-electron chi connectivity index (χ4n) is 1.53. The average Bonchev–Trinajstić information content (AvgIpc) is 2.19. The van der Waals surface area contributed by atoms with E-state index >= 15 is 0 Å². The molecule has 2 heterocycles. The normalized spacial score (nSPS) is 18.6. The maximum atomic E-state index is 12.9. The summed E-state index contributed by atoms with van der Waals surface area (Å²) >= 11 is 0. The van der Waals surface area contributed by atoms with Gasteiger partial charge >= 0.3 is 6.09 Å². The van der Waals surface area contributed by atoms with E-state index in [-0.39, 0.29) is 12.2 Å². The Hall–Kier alpha value is -2.18. The second-order valence-corrected chi connectivity index (χ2v) is 3.36. The smallest absolute Gasteiger partial charge is 0.405 e. The molecule has 1 atom stereocenters. The van der Waals surface area contributed by atoms with Crippen molar-refractivity contribution in [2.24, 2.45) is 0 Å². The number of fused-ring (bicyclic) bond motifs is 1. The number of carbonyl (C=O) groups is 2. The number of aromatic nitrogens is 1. The van der Waals surface area contributed by atoms with Crippen LogP contribution >= 0.6 is 0 Å². The van der Waals surface area contributed by atoms with E-state index in [1.807, 2.05) is 5.32 Å². The summed E-state index contributed by atoms with van der Waals surface area (Å²) in [6.07, 6.45) is -0.213. The number of hydrogen-bond acceptors (Lipinski definition) is 3. The molecule has 0 unspecified atom stereocenters. The molecule has 7 heteroatoms. The molecule has 1 aliphatic heterocycles. The number of halogens is 1. The van der Waals surface area contributed by atoms with Crippen molar-refractivity contribution in [3.8, 4) is 0 Å². The SMILES string of the molecule is O=C(O)N[C@H]1Cc2cc(F)cnc2NC1=O. The number of carbonyl (C=O) groups excluding carboxylic acids is 1. The van der Waals surface area contributed by atoms with E-state index in [4.69, 9.17) is 5.11 Å². The van der Waals surface area contributed by atoms with E-state index in [9.17, 15) is 14.0 Å². The lowest BCUT2D eigenvalue weighted by Gasteiger charge is -2.23. The van der Waals surface area contributed by atoms with E-state index in [2.05, 4.69) is 10.3 Å². The summed E-state index contributed by atoms with van der Waals surface area (Å²) in [5.41, 5.74) is 0.471. The quantitative estimate of drug-likeness (QED) is 0.643. The van der Waals surface area contributed by atoms with Gasteiger partial charge in [0.2, 0.25) is 5.91 Å². The van der Waals surface area contributed by atoms with Crippen LogP contribution in [-0.4, -0.2) is 28.1 Å². The van der Waals surface area contributed by atoms with Crippen LogP contribution in [0.3, 0.4) is 0 Å². The van der Waals surface area contributed by atoms with Crippen LogP contribution in [0.15, 0.2) is 12.3 Å². The predicted octanol–water partition coefficient (Wildman–Crippen LogP) is 0.351. The zero-order valence-electron chi connectivity index (χ0n) is 8.03. The number of rotatable bonds is 1. The molecule has 2 amide bonds. The summed E-state index contributed by atoms with van der Waals surface area (Å²) < 4.78 is 12.9. The molecule has 0 saturated carbocycles. The molecule has 2 rings (SSSR count). The standard InChI is InChI=1S/C9H8FN3O3/c10-5-1-4-2-6(12-9(15)16)8(14)13-7(4)11-3-5/h1,3,6,12H,2H2,(H,15,16)(H,11,13,14)/t6-/m0/s1. The van der Waals surface area contributed by atoms with E-state index < -0.39 is 23.9 Å². The molecule has 6 nitrogen and oxygen atoms in total. The fourth-order valence-corrected chi connectivity index (χ4v) is 1.53. The Balaban J connectivity index is 2.26. The first-order chi connectivity index (χ1) is 7.56. The molecule has 0 aromatic carbocycles. The van der Waals surface area contributed by atoms with Crippen LogP contribution in [0.5, 0.6) is 0 Å². The van der Waals surface area contributed by atoms with Crippen LogP contribution < -0.4 is 10.6 Å². The topological polar surface area (TPSA) is 91.3 Å². The van der Waals surface area contributed by atoms with Crippen molar-refractivity contribution in [1.29, 1.82) is 0 Å². The largest absolute Gasteiger partial charge is 0.465 e. The molecule has 1 aromatic rings. The monoisotopic (exact) mass is 225 g/mol. The van der Waals surface area contributed by atoms with Gasteiger partial charge in [-0.3, -0.25) is 4.79 Å². The molecule has 1 aliphatic rings. The Morgan fingerprint density at radius 2 is 2.44 bits per heavy atom. The van der Waals surface area contributed by atoms with Gasteiger partial charge in [-0.2, -0.15) is 0 Å². The molecule has 16 heavy (non-hydrogen) atoms. The van der Waals surface area contributed by atoms with Crippen molar-refractivity contribution in [3.05, 3.63) is 23.6 Å². The molecular weight excluding hydrogens is 217 g/mol. The number of carboxylic acid groups (broad SMARTS) is 1. The van der Waals surface area contributed by atoms with Crippen LogP contribution in [-0.2, 0) is 11.2 Å². The summed E-state index contributed by atoms with van der Waals surface area (Å²) in [5, 5.41) is 13.0. The lowest BCUT2D eigenvalue weighted by Crippen LogP contribution is -2.47. The van der Waals surface area contributed by atoms with E-state index in [1.54, 1.807) is 0 Å². The van der Waals surface area contributed by atoms with Crippen molar-refractivity contribution in [2.45, 2.75) is 12.5 Å². The average molecular weight is 225 g/mol. The summed E-state index contributed by atoms with van der Waals surface area (Å²) in [6, 6.07) is 0.312. The van der Waals surface area contributed by atoms with Crippen molar-refractivity contribution in [1.82, 2.24) is 10.3 Å². The maximum absolute atomic E-state index is 12.9. The first-order valence-corrected chi connectivity index (χ1v) is 4.51. The summed E-state index contributed by atoms with van der Waals surface area (Å²) in [4.78, 5) is 25.5. The highest BCUT2D eigenvalue weighted by Gasteiger charge is 2.28. The minimum absolute atomic E-state index is 0.0955. The molecule has 0 spiro atoms. The zero-order chi connectivity index (χ0) is 11.7. The number of anilines is 1. The number of amides is 2. The number of hydrogen-bond donors (Lipinski definition) is 3. The molecule has 0 aliphatic carbocycles. The first-order valence-electron chi connectivity index (χ1n) is 4.51. The van der Waals surface area contributed by atoms with Gasteiger partial charge in [0.1, 0.15) is 17.7 Å². The molecule has 0 bridgehead atoms. The summed E-state index contributed by atoms with van der Waals surface area (Å²) in [6.45, 7) is 0. The number of nitrogens with one attached hydrogen (secondary N) is 2. The molecule has 3 N–H and O–H groups in total. The molecule has 0 radical (unpaired) electrons. The van der Waals surface area contributed by atoms with Crippen LogP contribution in [0.1, 0.15) is 5.56 Å². The third-order valence-electron chi connectivity index (χ3n) is 2.21. The van der Waals surface area contributed by atoms with E-state index in [1.165, 1.54) is 6.07 Å². The minimum atomic E-state index is -1.30. The Bertz CT molecular complexity index is 463. The Kier molecular flexibility index (Phi) is 2.43. The van der Waals surface area contributed by atoms with Gasteiger partial charge in [0.15, 0.2) is 0 Å². The van der Waals surface area contributed by atoms with Crippen LogP contribution in [0.4, 0.5) is 15.0 Å². The summed E-state index contributed by atoms with van der Waals surface area (Å²) in [5.74, 6) is -0.743. The highest BCUT2D eigenvalue weighted by molar-refractivity contribution is 5.98. The predicted molar refractivity (Wildman–Crippen MR) is 51.5 cm³/mol. The van der Waals surface area contributed by atoms with Crippen LogP contribution in [0.2, 0.25) is 0 Å². The zero-order valence-corrected chi connectivity index (χ0v) is 8.03. The van der Waals surface area contributed by atoms with Crippen molar-refractivity contribution in [3.63, 3.8) is 0 Å². The number of nitrogens with zero attached hydrogens (tertiary/aromatic N) is 1. The second-order valence-electron chi connectivity index (χ2n) is 3.36. The van der Waals surface area contributed by atoms with Crippen LogP contribution in [0, 0.1) is 5.82 Å². The highest BCUT2D eigenvalue weighted by atomic mass is 19.1. The van der Waals surface area contributed by atoms with Gasteiger partial charge in [-0.25, -0.2) is 14.2 Å². The van der Waals surface area contributed by atoms with Gasteiger partial charge in [0.25, 0.3) is 0 Å². The Morgan fingerprint density at radius 3 is 3.12 bits per heavy atom. The summed E-state index contributed by atoms with van der Waals surface area (Å²) in [7, 11) is 0. The maximum Gasteiger partial charge on any atom is 0.405 e. The fraction of sp³-hybridized carbons (Fsp3) is 0.222. The minimum Gasteiger partial charge on any atom is -0.465 e. The lowest BCUT2D eigenvalue weighted by atomic mass is 10.0. The van der Waals surface area contributed by atoms with E-state index in [0.29, 0.717) is 5.56 Å². The molecule has 1 aromatic heterocycles. The van der Waals surface area contributed by atoms with E-state index in [0.717, 1.165) is 6.20 Å². The Labute approximate surface area is 89.5 Å². The van der Waals surface area contributed by atoms with Gasteiger partial charge in [0.05, 0.1) is 6.20 Å². The van der Waals surface area contributed by atoms with Gasteiger partial charge in [0, 0.05) is 12.0 Å². The second kappa shape index (κ2) is 3.76. The molecule has 84 valence electrons. The van der Waals surface area contributed by atoms with Crippen molar-refractivity contribution < 1.29 is 19.1 Å². The van der Waals surface area contributed by atoms with Gasteiger partial charge in [-0.15, -0.1) is 0 Å². The number of pyridine rings is 1. The third kappa shape index (κ3) is 1.92.